The molecule has 1 saturated heterocycles. The van der Waals surface area contributed by atoms with E-state index in [1.807, 2.05) is 20.8 Å². The summed E-state index contributed by atoms with van der Waals surface area (Å²) in [5.74, 6) is 0.349. The van der Waals surface area contributed by atoms with Crippen LogP contribution in [-0.2, 0) is 23.2 Å². The first-order valence-electron chi connectivity index (χ1n) is 7.31. The lowest BCUT2D eigenvalue weighted by molar-refractivity contribution is -0.152. The number of aryl methyl sites for hydroxylation is 1. The van der Waals surface area contributed by atoms with Crippen molar-refractivity contribution in [3.63, 3.8) is 0 Å². The monoisotopic (exact) mass is 294 g/mol. The fourth-order valence-corrected chi connectivity index (χ4v) is 2.58. The van der Waals surface area contributed by atoms with Crippen LogP contribution in [0.25, 0.3) is 0 Å². The van der Waals surface area contributed by atoms with Gasteiger partial charge in [-0.25, -0.2) is 0 Å². The summed E-state index contributed by atoms with van der Waals surface area (Å²) in [5, 5.41) is 14.6. The molecule has 2 rings (SSSR count). The highest BCUT2D eigenvalue weighted by atomic mass is 16.2. The van der Waals surface area contributed by atoms with Gasteiger partial charge in [0.05, 0.1) is 13.6 Å². The minimum atomic E-state index is -0.478. The third-order valence-corrected chi connectivity index (χ3v) is 3.95. The summed E-state index contributed by atoms with van der Waals surface area (Å²) in [4.78, 5) is 27.9. The van der Waals surface area contributed by atoms with E-state index in [4.69, 9.17) is 0 Å². The lowest BCUT2D eigenvalue weighted by atomic mass is 9.93. The summed E-state index contributed by atoms with van der Waals surface area (Å²) in [6.45, 7) is 6.07. The third kappa shape index (κ3) is 3.03. The molecule has 2 heterocycles. The van der Waals surface area contributed by atoms with Crippen LogP contribution in [0.3, 0.4) is 0 Å². The van der Waals surface area contributed by atoms with Gasteiger partial charge in [-0.3, -0.25) is 9.59 Å². The van der Waals surface area contributed by atoms with E-state index in [-0.39, 0.29) is 24.3 Å². The number of nitrogens with one attached hydrogen (secondary N) is 1. The normalized spacial score (nSPS) is 24.1. The summed E-state index contributed by atoms with van der Waals surface area (Å²) in [6.07, 6.45) is 1.38. The smallest absolute Gasteiger partial charge is 0.246 e. The maximum atomic E-state index is 12.6. The second-order valence-electron chi connectivity index (χ2n) is 5.46. The number of piperazine rings is 1. The third-order valence-electron chi connectivity index (χ3n) is 3.95. The molecule has 1 aromatic heterocycles. The molecule has 0 aliphatic carbocycles. The average Bonchev–Trinajstić information content (AvgIpc) is 2.87. The molecule has 8 heteroatoms. The molecular formula is C13H22N6O2. The van der Waals surface area contributed by atoms with Crippen LogP contribution >= 0.6 is 0 Å². The molecule has 1 aromatic rings. The van der Waals surface area contributed by atoms with Crippen molar-refractivity contribution < 1.29 is 9.59 Å². The average molecular weight is 294 g/mol. The first-order valence-corrected chi connectivity index (χ1v) is 7.31. The van der Waals surface area contributed by atoms with Crippen LogP contribution in [0.5, 0.6) is 0 Å². The number of hydrogen-bond acceptors (Lipinski definition) is 5. The molecule has 0 radical (unpaired) electrons. The van der Waals surface area contributed by atoms with Gasteiger partial charge in [-0.05, 0) is 17.6 Å². The first-order chi connectivity index (χ1) is 9.97. The van der Waals surface area contributed by atoms with Gasteiger partial charge in [0.2, 0.25) is 11.8 Å². The Morgan fingerprint density at radius 2 is 2.05 bits per heavy atom. The molecule has 2 amide bonds. The predicted molar refractivity (Wildman–Crippen MR) is 74.8 cm³/mol. The Balaban J connectivity index is 2.28. The van der Waals surface area contributed by atoms with Gasteiger partial charge < -0.3 is 10.2 Å². The second kappa shape index (κ2) is 6.19. The molecule has 8 nitrogen and oxygen atoms in total. The molecule has 0 spiro atoms. The zero-order chi connectivity index (χ0) is 15.6. The number of aromatic nitrogens is 4. The molecule has 1 aliphatic rings. The zero-order valence-corrected chi connectivity index (χ0v) is 12.9. The van der Waals surface area contributed by atoms with Gasteiger partial charge in [0.1, 0.15) is 12.1 Å². The molecule has 3 unspecified atom stereocenters. The maximum Gasteiger partial charge on any atom is 0.246 e. The van der Waals surface area contributed by atoms with Crippen molar-refractivity contribution in [2.45, 2.75) is 52.2 Å². The van der Waals surface area contributed by atoms with Crippen molar-refractivity contribution in [2.24, 2.45) is 13.0 Å². The van der Waals surface area contributed by atoms with E-state index >= 15 is 0 Å². The number of rotatable bonds is 5. The highest BCUT2D eigenvalue weighted by Gasteiger charge is 2.42. The molecule has 21 heavy (non-hydrogen) atoms. The van der Waals surface area contributed by atoms with E-state index in [0.717, 1.165) is 6.42 Å². The predicted octanol–water partition coefficient (Wildman–Crippen LogP) is -0.138. The molecule has 1 N–H and O–H groups in total. The molecule has 1 aliphatic heterocycles. The number of nitrogens with zero attached hydrogens (tertiary/aromatic N) is 5. The van der Waals surface area contributed by atoms with Gasteiger partial charge in [-0.2, -0.15) is 4.80 Å². The minimum absolute atomic E-state index is 0.0726. The van der Waals surface area contributed by atoms with E-state index < -0.39 is 12.1 Å². The Kier molecular flexibility index (Phi) is 4.54. The minimum Gasteiger partial charge on any atom is -0.343 e. The number of carbonyl (C=O) groups is 2. The topological polar surface area (TPSA) is 93.0 Å². The number of amides is 2. The SMILES string of the molecule is CCC1NC(=O)C(C(C)CC)N(Cc2nnn(C)n2)C1=O. The van der Waals surface area contributed by atoms with E-state index in [2.05, 4.69) is 20.7 Å². The van der Waals surface area contributed by atoms with Crippen molar-refractivity contribution in [3.8, 4) is 0 Å². The van der Waals surface area contributed by atoms with Crippen LogP contribution in [0.1, 0.15) is 39.4 Å². The maximum absolute atomic E-state index is 12.6. The molecule has 0 bridgehead atoms. The van der Waals surface area contributed by atoms with Gasteiger partial charge >= 0.3 is 0 Å². The lowest BCUT2D eigenvalue weighted by Crippen LogP contribution is -2.64. The first kappa shape index (κ1) is 15.4. The molecule has 1 fully saturated rings. The summed E-state index contributed by atoms with van der Waals surface area (Å²) < 4.78 is 0. The van der Waals surface area contributed by atoms with E-state index in [1.165, 1.54) is 4.80 Å². The summed E-state index contributed by atoms with van der Waals surface area (Å²) in [6, 6.07) is -0.941. The van der Waals surface area contributed by atoms with E-state index in [9.17, 15) is 9.59 Å². The van der Waals surface area contributed by atoms with Gasteiger partial charge in [0.15, 0.2) is 5.82 Å². The number of hydrogen-bond donors (Lipinski definition) is 1. The van der Waals surface area contributed by atoms with Crippen molar-refractivity contribution in [1.29, 1.82) is 0 Å². The Bertz CT molecular complexity index is 528. The fraction of sp³-hybridized carbons (Fsp3) is 0.769. The highest BCUT2D eigenvalue weighted by Crippen LogP contribution is 2.22. The summed E-state index contributed by atoms with van der Waals surface area (Å²) in [5.41, 5.74) is 0. The molecule has 0 saturated carbocycles. The number of tetrazole rings is 1. The van der Waals surface area contributed by atoms with Crippen molar-refractivity contribution in [3.05, 3.63) is 5.82 Å². The van der Waals surface area contributed by atoms with Crippen molar-refractivity contribution in [2.75, 3.05) is 0 Å². The molecule has 0 aromatic carbocycles. The Morgan fingerprint density at radius 1 is 1.33 bits per heavy atom. The fourth-order valence-electron chi connectivity index (χ4n) is 2.58. The number of carbonyl (C=O) groups excluding carboxylic acids is 2. The Hall–Kier alpha value is -1.99. The van der Waals surface area contributed by atoms with Crippen molar-refractivity contribution >= 4 is 11.8 Å². The van der Waals surface area contributed by atoms with Crippen LogP contribution in [0.15, 0.2) is 0 Å². The quantitative estimate of drug-likeness (QED) is 0.816. The van der Waals surface area contributed by atoms with Crippen LogP contribution in [-0.4, -0.2) is 49.0 Å². The van der Waals surface area contributed by atoms with Gasteiger partial charge in [-0.15, -0.1) is 10.2 Å². The van der Waals surface area contributed by atoms with E-state index in [1.54, 1.807) is 11.9 Å². The largest absolute Gasteiger partial charge is 0.343 e. The Labute approximate surface area is 123 Å². The summed E-state index contributed by atoms with van der Waals surface area (Å²) in [7, 11) is 1.67. The molecular weight excluding hydrogens is 272 g/mol. The summed E-state index contributed by atoms with van der Waals surface area (Å²) >= 11 is 0. The van der Waals surface area contributed by atoms with Gasteiger partial charge in [0.25, 0.3) is 0 Å². The van der Waals surface area contributed by atoms with Crippen LogP contribution in [0.2, 0.25) is 0 Å². The zero-order valence-electron chi connectivity index (χ0n) is 12.9. The molecule has 3 atom stereocenters. The Morgan fingerprint density at radius 3 is 2.57 bits per heavy atom. The van der Waals surface area contributed by atoms with Crippen LogP contribution < -0.4 is 5.32 Å². The second-order valence-corrected chi connectivity index (χ2v) is 5.46. The van der Waals surface area contributed by atoms with Crippen LogP contribution in [0, 0.1) is 5.92 Å². The molecule has 116 valence electrons. The highest BCUT2D eigenvalue weighted by molar-refractivity contribution is 5.97. The van der Waals surface area contributed by atoms with E-state index in [0.29, 0.717) is 12.2 Å². The lowest BCUT2D eigenvalue weighted by Gasteiger charge is -2.40. The van der Waals surface area contributed by atoms with Gasteiger partial charge in [0, 0.05) is 0 Å². The standard InChI is InChI=1S/C13H22N6O2/c1-5-8(3)11-12(20)14-9(6-2)13(21)19(11)7-10-15-17-18(4)16-10/h8-9,11H,5-7H2,1-4H3,(H,14,20). The van der Waals surface area contributed by atoms with Gasteiger partial charge in [-0.1, -0.05) is 27.2 Å². The van der Waals surface area contributed by atoms with Crippen molar-refractivity contribution in [1.82, 2.24) is 30.4 Å². The van der Waals surface area contributed by atoms with Crippen LogP contribution in [0.4, 0.5) is 0 Å².